The topological polar surface area (TPSA) is 76.4 Å². The van der Waals surface area contributed by atoms with Gasteiger partial charge in [0.05, 0.1) is 6.04 Å². The van der Waals surface area contributed by atoms with Gasteiger partial charge in [-0.1, -0.05) is 35.9 Å². The molecular weight excluding hydrogens is 376 g/mol. The van der Waals surface area contributed by atoms with Gasteiger partial charge >= 0.3 is 0 Å². The van der Waals surface area contributed by atoms with Gasteiger partial charge in [-0.2, -0.15) is 5.10 Å². The molecule has 7 heteroatoms. The van der Waals surface area contributed by atoms with E-state index in [2.05, 4.69) is 38.7 Å². The monoisotopic (exact) mass is 404 g/mol. The van der Waals surface area contributed by atoms with E-state index in [1.165, 1.54) is 5.56 Å². The minimum atomic E-state index is 0.102. The summed E-state index contributed by atoms with van der Waals surface area (Å²) in [5.74, 6) is 4.18. The number of para-hydroxylation sites is 1. The molecule has 1 aliphatic heterocycles. The summed E-state index contributed by atoms with van der Waals surface area (Å²) in [4.78, 5) is 8.99. The summed E-state index contributed by atoms with van der Waals surface area (Å²) >= 11 is 0. The van der Waals surface area contributed by atoms with E-state index in [4.69, 9.17) is 4.74 Å². The van der Waals surface area contributed by atoms with Crippen LogP contribution in [0, 0.1) is 13.8 Å². The SMILES string of the molecule is CN=C(NCc1ccccc1Oc1ccc(C)cc1)NC1CCCn2nc(C)nc21. The summed E-state index contributed by atoms with van der Waals surface area (Å²) in [7, 11) is 1.78. The molecule has 0 radical (unpaired) electrons. The van der Waals surface area contributed by atoms with Gasteiger partial charge in [-0.3, -0.25) is 4.99 Å². The molecule has 156 valence electrons. The van der Waals surface area contributed by atoms with Crippen molar-refractivity contribution in [3.63, 3.8) is 0 Å². The van der Waals surface area contributed by atoms with Gasteiger partial charge in [0.2, 0.25) is 0 Å². The first kappa shape index (κ1) is 19.9. The Hall–Kier alpha value is -3.35. The zero-order valence-corrected chi connectivity index (χ0v) is 17.7. The van der Waals surface area contributed by atoms with E-state index in [1.54, 1.807) is 7.05 Å². The normalized spacial score (nSPS) is 16.1. The molecule has 0 fully saturated rings. The molecule has 0 saturated heterocycles. The molecule has 0 saturated carbocycles. The van der Waals surface area contributed by atoms with Gasteiger partial charge in [-0.15, -0.1) is 0 Å². The fraction of sp³-hybridized carbons (Fsp3) is 0.348. The summed E-state index contributed by atoms with van der Waals surface area (Å²) in [6.45, 7) is 5.51. The van der Waals surface area contributed by atoms with Crippen molar-refractivity contribution in [2.75, 3.05) is 7.05 Å². The maximum absolute atomic E-state index is 6.11. The number of aliphatic imine (C=N–C) groups is 1. The third-order valence-electron chi connectivity index (χ3n) is 5.18. The fourth-order valence-electron chi connectivity index (χ4n) is 3.63. The number of fused-ring (bicyclic) bond motifs is 1. The summed E-state index contributed by atoms with van der Waals surface area (Å²) in [5.41, 5.74) is 2.27. The fourth-order valence-corrected chi connectivity index (χ4v) is 3.63. The molecule has 1 unspecified atom stereocenters. The summed E-state index contributed by atoms with van der Waals surface area (Å²) in [6.07, 6.45) is 2.07. The number of benzene rings is 2. The van der Waals surface area contributed by atoms with Gasteiger partial charge in [0.1, 0.15) is 23.1 Å². The van der Waals surface area contributed by atoms with Crippen LogP contribution in [-0.4, -0.2) is 27.8 Å². The Kier molecular flexibility index (Phi) is 5.97. The van der Waals surface area contributed by atoms with Crippen LogP contribution >= 0.6 is 0 Å². The Morgan fingerprint density at radius 1 is 1.17 bits per heavy atom. The lowest BCUT2D eigenvalue weighted by atomic mass is 10.1. The number of guanidine groups is 1. The highest BCUT2D eigenvalue weighted by Gasteiger charge is 2.24. The lowest BCUT2D eigenvalue weighted by Gasteiger charge is -2.25. The number of hydrogen-bond donors (Lipinski definition) is 2. The van der Waals surface area contributed by atoms with Gasteiger partial charge in [-0.05, 0) is 44.9 Å². The van der Waals surface area contributed by atoms with Crippen molar-refractivity contribution in [2.24, 2.45) is 4.99 Å². The van der Waals surface area contributed by atoms with Crippen LogP contribution in [0.5, 0.6) is 11.5 Å². The first-order valence-corrected chi connectivity index (χ1v) is 10.3. The molecule has 3 aromatic rings. The van der Waals surface area contributed by atoms with Crippen LogP contribution in [0.2, 0.25) is 0 Å². The number of nitrogens with zero attached hydrogens (tertiary/aromatic N) is 4. The van der Waals surface area contributed by atoms with Gasteiger partial charge in [-0.25, -0.2) is 9.67 Å². The largest absolute Gasteiger partial charge is 0.457 e. The Morgan fingerprint density at radius 3 is 2.77 bits per heavy atom. The summed E-state index contributed by atoms with van der Waals surface area (Å²) in [6, 6.07) is 16.2. The van der Waals surface area contributed by atoms with E-state index in [-0.39, 0.29) is 6.04 Å². The van der Waals surface area contributed by atoms with Crippen molar-refractivity contribution in [2.45, 2.75) is 45.8 Å². The van der Waals surface area contributed by atoms with Crippen molar-refractivity contribution in [1.82, 2.24) is 25.4 Å². The third-order valence-corrected chi connectivity index (χ3v) is 5.18. The standard InChI is InChI=1S/C23H28N6O/c1-16-10-12-19(13-11-16)30-21-9-5-4-7-18(21)15-25-23(24-3)27-20-8-6-14-29-22(20)26-17(2)28-29/h4-5,7,9-13,20H,6,8,14-15H2,1-3H3,(H2,24,25,27). The Morgan fingerprint density at radius 2 is 1.97 bits per heavy atom. The Balaban J connectivity index is 1.42. The number of hydrogen-bond acceptors (Lipinski definition) is 4. The molecule has 4 rings (SSSR count). The highest BCUT2D eigenvalue weighted by Crippen LogP contribution is 2.26. The number of aromatic nitrogens is 3. The average molecular weight is 405 g/mol. The van der Waals surface area contributed by atoms with Crippen LogP contribution < -0.4 is 15.4 Å². The van der Waals surface area contributed by atoms with E-state index in [9.17, 15) is 0 Å². The number of ether oxygens (including phenoxy) is 1. The summed E-state index contributed by atoms with van der Waals surface area (Å²) in [5, 5.41) is 11.4. The van der Waals surface area contributed by atoms with Gasteiger partial charge in [0.15, 0.2) is 5.96 Å². The Bertz CT molecular complexity index is 1020. The second-order valence-electron chi connectivity index (χ2n) is 7.53. The van der Waals surface area contributed by atoms with E-state index in [0.29, 0.717) is 6.54 Å². The van der Waals surface area contributed by atoms with E-state index in [0.717, 1.165) is 54.1 Å². The van der Waals surface area contributed by atoms with Crippen LogP contribution in [0.15, 0.2) is 53.5 Å². The van der Waals surface area contributed by atoms with Crippen LogP contribution in [-0.2, 0) is 13.1 Å². The molecule has 1 aliphatic rings. The lowest BCUT2D eigenvalue weighted by Crippen LogP contribution is -2.41. The first-order chi connectivity index (χ1) is 14.6. The smallest absolute Gasteiger partial charge is 0.191 e. The van der Waals surface area contributed by atoms with Gasteiger partial charge in [0, 0.05) is 25.7 Å². The molecule has 7 nitrogen and oxygen atoms in total. The van der Waals surface area contributed by atoms with Crippen molar-refractivity contribution in [3.8, 4) is 11.5 Å². The number of nitrogens with one attached hydrogen (secondary N) is 2. The molecule has 2 heterocycles. The van der Waals surface area contributed by atoms with Crippen molar-refractivity contribution >= 4 is 5.96 Å². The zero-order chi connectivity index (χ0) is 20.9. The van der Waals surface area contributed by atoms with Crippen LogP contribution in [0.1, 0.15) is 41.7 Å². The van der Waals surface area contributed by atoms with E-state index < -0.39 is 0 Å². The van der Waals surface area contributed by atoms with Crippen LogP contribution in [0.4, 0.5) is 0 Å². The molecule has 1 aromatic heterocycles. The first-order valence-electron chi connectivity index (χ1n) is 10.3. The lowest BCUT2D eigenvalue weighted by molar-refractivity contribution is 0.397. The maximum Gasteiger partial charge on any atom is 0.191 e. The highest BCUT2D eigenvalue weighted by atomic mass is 16.5. The average Bonchev–Trinajstić information content (AvgIpc) is 3.14. The van der Waals surface area contributed by atoms with Gasteiger partial charge < -0.3 is 15.4 Å². The minimum absolute atomic E-state index is 0.102. The van der Waals surface area contributed by atoms with Crippen LogP contribution in [0.3, 0.4) is 0 Å². The molecule has 2 N–H and O–H groups in total. The van der Waals surface area contributed by atoms with E-state index in [1.807, 2.05) is 54.1 Å². The molecule has 30 heavy (non-hydrogen) atoms. The second-order valence-corrected chi connectivity index (χ2v) is 7.53. The molecule has 0 spiro atoms. The molecule has 0 aliphatic carbocycles. The molecule has 2 aromatic carbocycles. The van der Waals surface area contributed by atoms with E-state index >= 15 is 0 Å². The maximum atomic E-state index is 6.11. The third kappa shape index (κ3) is 4.62. The zero-order valence-electron chi connectivity index (χ0n) is 17.7. The second kappa shape index (κ2) is 8.98. The molecular formula is C23H28N6O. The van der Waals surface area contributed by atoms with Crippen LogP contribution in [0.25, 0.3) is 0 Å². The number of aryl methyl sites for hydroxylation is 3. The van der Waals surface area contributed by atoms with Crippen molar-refractivity contribution < 1.29 is 4.74 Å². The number of rotatable bonds is 5. The molecule has 0 bridgehead atoms. The minimum Gasteiger partial charge on any atom is -0.457 e. The summed E-state index contributed by atoms with van der Waals surface area (Å²) < 4.78 is 8.10. The predicted molar refractivity (Wildman–Crippen MR) is 118 cm³/mol. The molecule has 0 amide bonds. The van der Waals surface area contributed by atoms with Crippen molar-refractivity contribution in [3.05, 3.63) is 71.3 Å². The van der Waals surface area contributed by atoms with Crippen molar-refractivity contribution in [1.29, 1.82) is 0 Å². The van der Waals surface area contributed by atoms with Gasteiger partial charge in [0.25, 0.3) is 0 Å². The Labute approximate surface area is 177 Å². The predicted octanol–water partition coefficient (Wildman–Crippen LogP) is 3.89. The quantitative estimate of drug-likeness (QED) is 0.498. The molecule has 1 atom stereocenters. The highest BCUT2D eigenvalue weighted by molar-refractivity contribution is 5.80.